The van der Waals surface area contributed by atoms with E-state index >= 15 is 0 Å². The third-order valence-corrected chi connectivity index (χ3v) is 7.19. The number of carboxylic acids is 1. The first-order chi connectivity index (χ1) is 12.8. The third kappa shape index (κ3) is 6.55. The second-order valence-corrected chi connectivity index (χ2v) is 9.47. The van der Waals surface area contributed by atoms with Crippen molar-refractivity contribution >= 4 is 21.9 Å². The molecule has 0 radical (unpaired) electrons. The maximum atomic E-state index is 10.7. The van der Waals surface area contributed by atoms with Gasteiger partial charge in [-0.1, -0.05) is 54.8 Å². The van der Waals surface area contributed by atoms with Crippen LogP contribution in [0.3, 0.4) is 0 Å². The van der Waals surface area contributed by atoms with E-state index in [0.717, 1.165) is 32.1 Å². The number of unbranched alkanes of at least 4 members (excludes halogenated alkanes) is 1. The lowest BCUT2D eigenvalue weighted by atomic mass is 9.88. The van der Waals surface area contributed by atoms with Crippen LogP contribution in [0.25, 0.3) is 0 Å². The van der Waals surface area contributed by atoms with Crippen molar-refractivity contribution < 1.29 is 24.9 Å². The summed E-state index contributed by atoms with van der Waals surface area (Å²) in [6.07, 6.45) is 9.42. The summed E-state index contributed by atoms with van der Waals surface area (Å²) in [7, 11) is 0. The lowest BCUT2D eigenvalue weighted by Gasteiger charge is -2.21. The van der Waals surface area contributed by atoms with E-state index < -0.39 is 18.2 Å². The Morgan fingerprint density at radius 1 is 1.30 bits per heavy atom. The minimum absolute atomic E-state index is 0.0201. The predicted octanol–water partition coefficient (Wildman–Crippen LogP) is 3.90. The molecule has 1 aliphatic carbocycles. The van der Waals surface area contributed by atoms with Gasteiger partial charge in [0.25, 0.3) is 0 Å². The summed E-state index contributed by atoms with van der Waals surface area (Å²) in [6.45, 7) is 4.22. The van der Waals surface area contributed by atoms with Gasteiger partial charge in [-0.3, -0.25) is 4.79 Å². The molecule has 2 aliphatic rings. The first-order valence-electron chi connectivity index (χ1n) is 10.4. The molecule has 27 heavy (non-hydrogen) atoms. The molecule has 1 saturated heterocycles. The zero-order chi connectivity index (χ0) is 20.0. The average Bonchev–Trinajstić information content (AvgIpc) is 3.14. The first kappa shape index (κ1) is 22.9. The molecule has 0 aromatic carbocycles. The highest BCUT2D eigenvalue weighted by Crippen LogP contribution is 2.46. The lowest BCUT2D eigenvalue weighted by molar-refractivity contribution is -0.137. The largest absolute Gasteiger partial charge is 0.481 e. The van der Waals surface area contributed by atoms with E-state index in [2.05, 4.69) is 29.8 Å². The summed E-state index contributed by atoms with van der Waals surface area (Å²) in [5.41, 5.74) is 0. The van der Waals surface area contributed by atoms with Crippen molar-refractivity contribution in [3.8, 4) is 0 Å². The summed E-state index contributed by atoms with van der Waals surface area (Å²) in [4.78, 5) is 10.8. The summed E-state index contributed by atoms with van der Waals surface area (Å²) >= 11 is 3.67. The van der Waals surface area contributed by atoms with Crippen molar-refractivity contribution in [2.45, 2.75) is 94.5 Å². The predicted molar refractivity (Wildman–Crippen MR) is 109 cm³/mol. The van der Waals surface area contributed by atoms with E-state index in [1.165, 1.54) is 0 Å². The number of hydrogen-bond donors (Lipinski definition) is 3. The van der Waals surface area contributed by atoms with E-state index in [1.54, 1.807) is 0 Å². The molecule has 2 unspecified atom stereocenters. The average molecular weight is 447 g/mol. The fourth-order valence-corrected chi connectivity index (χ4v) is 5.05. The van der Waals surface area contributed by atoms with Crippen LogP contribution in [-0.2, 0) is 9.53 Å². The van der Waals surface area contributed by atoms with Crippen LogP contribution in [0.5, 0.6) is 0 Å². The Hall–Kier alpha value is -0.430. The molecule has 0 spiro atoms. The van der Waals surface area contributed by atoms with Crippen LogP contribution in [-0.4, -0.2) is 50.5 Å². The molecule has 0 aromatic rings. The summed E-state index contributed by atoms with van der Waals surface area (Å²) < 4.78 is 6.16. The molecule has 0 bridgehead atoms. The van der Waals surface area contributed by atoms with E-state index in [0.29, 0.717) is 12.8 Å². The van der Waals surface area contributed by atoms with Gasteiger partial charge in [-0.25, -0.2) is 0 Å². The molecule has 6 heteroatoms. The minimum Gasteiger partial charge on any atom is -0.481 e. The topological polar surface area (TPSA) is 87.0 Å². The molecular formula is C21H35BrO5. The number of carboxylic acid groups (broad SMARTS) is 1. The van der Waals surface area contributed by atoms with Crippen molar-refractivity contribution in [2.75, 3.05) is 0 Å². The van der Waals surface area contributed by atoms with Gasteiger partial charge >= 0.3 is 5.97 Å². The Bertz CT molecular complexity index is 497. The number of carbonyl (C=O) groups is 1. The van der Waals surface area contributed by atoms with E-state index in [1.807, 2.05) is 12.2 Å². The SMILES string of the molecule is CCCC[C@H](C)[C@H](O)C=C[C@@H]1[C@H]2CC(C(Br)CCCC(=O)O)O[C@@H]2C[C@H]1O. The number of fused-ring (bicyclic) bond motifs is 1. The zero-order valence-electron chi connectivity index (χ0n) is 16.5. The number of halogens is 1. The molecule has 1 aliphatic heterocycles. The molecule has 1 saturated carbocycles. The van der Waals surface area contributed by atoms with E-state index in [4.69, 9.17) is 9.84 Å². The van der Waals surface area contributed by atoms with Crippen LogP contribution in [0.1, 0.15) is 65.2 Å². The number of hydrogen-bond acceptors (Lipinski definition) is 4. The van der Waals surface area contributed by atoms with Crippen molar-refractivity contribution in [3.63, 3.8) is 0 Å². The Morgan fingerprint density at radius 2 is 2.04 bits per heavy atom. The Balaban J connectivity index is 1.86. The van der Waals surface area contributed by atoms with Gasteiger partial charge in [0.2, 0.25) is 0 Å². The van der Waals surface area contributed by atoms with Crippen molar-refractivity contribution in [1.82, 2.24) is 0 Å². The second kappa shape index (κ2) is 10.9. The first-order valence-corrected chi connectivity index (χ1v) is 11.3. The second-order valence-electron chi connectivity index (χ2n) is 8.29. The highest BCUT2D eigenvalue weighted by Gasteiger charge is 2.49. The van der Waals surface area contributed by atoms with Gasteiger partial charge in [0.1, 0.15) is 0 Å². The molecule has 2 rings (SSSR count). The molecule has 2 fully saturated rings. The van der Waals surface area contributed by atoms with Gasteiger partial charge in [0.05, 0.1) is 24.4 Å². The minimum atomic E-state index is -0.765. The monoisotopic (exact) mass is 446 g/mol. The summed E-state index contributed by atoms with van der Waals surface area (Å²) in [6, 6.07) is 0. The number of aliphatic hydroxyl groups is 2. The maximum absolute atomic E-state index is 10.7. The third-order valence-electron chi connectivity index (χ3n) is 6.14. The van der Waals surface area contributed by atoms with Crippen LogP contribution in [0.2, 0.25) is 0 Å². The number of rotatable bonds is 11. The van der Waals surface area contributed by atoms with Crippen LogP contribution in [0.4, 0.5) is 0 Å². The highest BCUT2D eigenvalue weighted by atomic mass is 79.9. The van der Waals surface area contributed by atoms with Gasteiger partial charge in [0, 0.05) is 23.6 Å². The van der Waals surface area contributed by atoms with Crippen molar-refractivity contribution in [3.05, 3.63) is 12.2 Å². The number of alkyl halides is 1. The summed E-state index contributed by atoms with van der Waals surface area (Å²) in [5.74, 6) is -0.256. The normalized spacial score (nSPS) is 33.9. The molecule has 0 aromatic heterocycles. The Labute approximate surface area is 171 Å². The molecule has 156 valence electrons. The molecular weight excluding hydrogens is 412 g/mol. The quantitative estimate of drug-likeness (QED) is 0.330. The van der Waals surface area contributed by atoms with Gasteiger partial charge in [-0.15, -0.1) is 0 Å². The number of aliphatic carboxylic acids is 1. The Kier molecular flexibility index (Phi) is 9.26. The number of ether oxygens (including phenoxy) is 1. The van der Waals surface area contributed by atoms with E-state index in [-0.39, 0.29) is 41.2 Å². The van der Waals surface area contributed by atoms with Crippen LogP contribution < -0.4 is 0 Å². The maximum Gasteiger partial charge on any atom is 0.303 e. The lowest BCUT2D eigenvalue weighted by Crippen LogP contribution is -2.24. The molecule has 3 N–H and O–H groups in total. The standard InChI is InChI=1S/C21H35BrO5/c1-3-4-6-13(2)17(23)10-9-14-15-11-20(27-19(15)12-18(14)24)16(22)7-5-8-21(25)26/h9-10,13-20,23-24H,3-8,11-12H2,1-2H3,(H,25,26)/t13-,14+,15+,16?,17+,18+,19+,20?/m0/s1. The van der Waals surface area contributed by atoms with Crippen molar-refractivity contribution in [2.24, 2.45) is 17.8 Å². The van der Waals surface area contributed by atoms with Gasteiger partial charge in [-0.2, -0.15) is 0 Å². The molecule has 1 heterocycles. The highest BCUT2D eigenvalue weighted by molar-refractivity contribution is 9.09. The van der Waals surface area contributed by atoms with Crippen LogP contribution in [0, 0.1) is 17.8 Å². The Morgan fingerprint density at radius 3 is 2.70 bits per heavy atom. The number of aliphatic hydroxyl groups excluding tert-OH is 2. The van der Waals surface area contributed by atoms with Gasteiger partial charge in [0.15, 0.2) is 0 Å². The molecule has 8 atom stereocenters. The van der Waals surface area contributed by atoms with E-state index in [9.17, 15) is 15.0 Å². The van der Waals surface area contributed by atoms with Crippen LogP contribution >= 0.6 is 15.9 Å². The fraction of sp³-hybridized carbons (Fsp3) is 0.857. The van der Waals surface area contributed by atoms with Gasteiger partial charge < -0.3 is 20.1 Å². The molecule has 0 amide bonds. The van der Waals surface area contributed by atoms with Crippen molar-refractivity contribution in [1.29, 1.82) is 0 Å². The molecule has 5 nitrogen and oxygen atoms in total. The summed E-state index contributed by atoms with van der Waals surface area (Å²) in [5, 5.41) is 29.6. The fourth-order valence-electron chi connectivity index (χ4n) is 4.38. The van der Waals surface area contributed by atoms with Crippen LogP contribution in [0.15, 0.2) is 12.2 Å². The zero-order valence-corrected chi connectivity index (χ0v) is 18.1. The smallest absolute Gasteiger partial charge is 0.303 e. The van der Waals surface area contributed by atoms with Gasteiger partial charge in [-0.05, 0) is 37.5 Å².